The van der Waals surface area contributed by atoms with Gasteiger partial charge in [-0.25, -0.2) is 4.79 Å². The van der Waals surface area contributed by atoms with Gasteiger partial charge in [0.15, 0.2) is 0 Å². The van der Waals surface area contributed by atoms with Crippen LogP contribution in [0.2, 0.25) is 0 Å². The SMILES string of the molecule is C=C1C[C@]23C[C@H]4[C@@H]5[C@@]6(C)CN4[C@@H]4[C@H]2[C@@H](OC(=O)c2ccccc2)[C@H]1[C@H](OC(C)=O)[C@H]3[C@]54[C@H](OC(C)=O)[C@@H](O)[C@H]6OC(=O)C(C)C. The molecule has 15 atom stereocenters. The van der Waals surface area contributed by atoms with E-state index in [9.17, 15) is 24.3 Å². The van der Waals surface area contributed by atoms with E-state index in [-0.39, 0.29) is 29.8 Å². The van der Waals surface area contributed by atoms with Gasteiger partial charge in [-0.2, -0.15) is 0 Å². The van der Waals surface area contributed by atoms with Crippen molar-refractivity contribution in [3.63, 3.8) is 0 Å². The van der Waals surface area contributed by atoms with Gasteiger partial charge in [-0.3, -0.25) is 19.3 Å². The molecule has 240 valence electrons. The van der Waals surface area contributed by atoms with Gasteiger partial charge in [-0.15, -0.1) is 0 Å². The lowest BCUT2D eigenvalue weighted by Gasteiger charge is -2.67. The van der Waals surface area contributed by atoms with E-state index in [1.54, 1.807) is 38.1 Å². The Hall–Kier alpha value is -3.24. The first-order valence-corrected chi connectivity index (χ1v) is 16.2. The van der Waals surface area contributed by atoms with Crippen molar-refractivity contribution in [2.24, 2.45) is 45.8 Å². The topological polar surface area (TPSA) is 129 Å². The van der Waals surface area contributed by atoms with Crippen LogP contribution in [0.3, 0.4) is 0 Å². The molecule has 3 saturated heterocycles. The summed E-state index contributed by atoms with van der Waals surface area (Å²) in [5, 5.41) is 12.2. The summed E-state index contributed by atoms with van der Waals surface area (Å²) < 4.78 is 25.0. The fourth-order valence-corrected chi connectivity index (χ4v) is 12.5. The van der Waals surface area contributed by atoms with Crippen molar-refractivity contribution in [2.45, 2.75) is 90.1 Å². The molecule has 3 heterocycles. The van der Waals surface area contributed by atoms with Crippen LogP contribution >= 0.6 is 0 Å². The van der Waals surface area contributed by atoms with E-state index >= 15 is 0 Å². The Labute approximate surface area is 262 Å². The molecule has 10 rings (SSSR count). The van der Waals surface area contributed by atoms with Crippen LogP contribution in [0.4, 0.5) is 0 Å². The maximum Gasteiger partial charge on any atom is 0.338 e. The summed E-state index contributed by atoms with van der Waals surface area (Å²) in [5.74, 6) is -3.25. The molecule has 1 aromatic rings. The molecule has 3 aliphatic heterocycles. The summed E-state index contributed by atoms with van der Waals surface area (Å²) in [5.41, 5.74) is -0.579. The smallest absolute Gasteiger partial charge is 0.338 e. The number of piperidine rings is 2. The normalized spacial score (nSPS) is 48.8. The number of carbonyl (C=O) groups is 4. The van der Waals surface area contributed by atoms with Crippen molar-refractivity contribution in [3.8, 4) is 0 Å². The fraction of sp³-hybridized carbons (Fsp3) is 0.657. The zero-order valence-electron chi connectivity index (χ0n) is 26.3. The molecule has 9 aliphatic rings. The Morgan fingerprint density at radius 2 is 1.64 bits per heavy atom. The highest BCUT2D eigenvalue weighted by atomic mass is 16.6. The third kappa shape index (κ3) is 3.32. The van der Waals surface area contributed by atoms with E-state index in [4.69, 9.17) is 18.9 Å². The molecule has 10 heteroatoms. The second kappa shape index (κ2) is 9.18. The predicted octanol–water partition coefficient (Wildman–Crippen LogP) is 2.92. The number of hydrogen-bond donors (Lipinski definition) is 1. The third-order valence-electron chi connectivity index (χ3n) is 12.9. The zero-order chi connectivity index (χ0) is 32.0. The average molecular weight is 620 g/mol. The van der Waals surface area contributed by atoms with Crippen molar-refractivity contribution in [2.75, 3.05) is 6.54 Å². The fourth-order valence-electron chi connectivity index (χ4n) is 12.5. The Morgan fingerprint density at radius 3 is 2.29 bits per heavy atom. The summed E-state index contributed by atoms with van der Waals surface area (Å²) in [6, 6.07) is 8.73. The summed E-state index contributed by atoms with van der Waals surface area (Å²) >= 11 is 0. The van der Waals surface area contributed by atoms with Gasteiger partial charge in [-0.05, 0) is 36.3 Å². The van der Waals surface area contributed by atoms with E-state index in [0.29, 0.717) is 18.5 Å². The number of aliphatic hydroxyl groups excluding tert-OH is 1. The lowest BCUT2D eigenvalue weighted by Crippen LogP contribution is -2.75. The molecule has 45 heavy (non-hydrogen) atoms. The summed E-state index contributed by atoms with van der Waals surface area (Å²) in [7, 11) is 0. The second-order valence-corrected chi connectivity index (χ2v) is 15.3. The van der Waals surface area contributed by atoms with Crippen molar-refractivity contribution in [1.29, 1.82) is 0 Å². The maximum absolute atomic E-state index is 13.7. The Bertz CT molecular complexity index is 1530. The number of fused-ring (bicyclic) bond motifs is 1. The summed E-state index contributed by atoms with van der Waals surface area (Å²) in [6.07, 6.45) is -3.06. The Balaban J connectivity index is 1.32. The molecule has 0 amide bonds. The first-order chi connectivity index (χ1) is 21.3. The van der Waals surface area contributed by atoms with Crippen LogP contribution in [-0.2, 0) is 33.3 Å². The number of benzene rings is 1. The molecule has 6 aliphatic carbocycles. The molecule has 9 bridgehead atoms. The summed E-state index contributed by atoms with van der Waals surface area (Å²) in [6.45, 7) is 13.3. The zero-order valence-corrected chi connectivity index (χ0v) is 26.3. The number of ether oxygens (including phenoxy) is 4. The van der Waals surface area contributed by atoms with E-state index in [1.165, 1.54) is 13.8 Å². The number of aliphatic hydroxyl groups is 1. The molecule has 1 N–H and O–H groups in total. The van der Waals surface area contributed by atoms with Gasteiger partial charge in [-0.1, -0.05) is 51.1 Å². The van der Waals surface area contributed by atoms with Gasteiger partial charge < -0.3 is 24.1 Å². The van der Waals surface area contributed by atoms with Crippen LogP contribution in [-0.4, -0.2) is 83.0 Å². The molecule has 1 unspecified atom stereocenters. The number of nitrogens with zero attached hydrogens (tertiary/aromatic N) is 1. The van der Waals surface area contributed by atoms with Gasteiger partial charge in [0.1, 0.15) is 30.5 Å². The molecular formula is C35H41NO9. The lowest BCUT2D eigenvalue weighted by atomic mass is 9.38. The quantitative estimate of drug-likeness (QED) is 0.288. The third-order valence-corrected chi connectivity index (χ3v) is 12.9. The molecule has 6 saturated carbocycles. The van der Waals surface area contributed by atoms with E-state index in [2.05, 4.69) is 18.4 Å². The van der Waals surface area contributed by atoms with Gasteiger partial charge in [0, 0.05) is 55.1 Å². The Kier molecular flexibility index (Phi) is 5.96. The minimum absolute atomic E-state index is 0.0733. The van der Waals surface area contributed by atoms with Gasteiger partial charge in [0.2, 0.25) is 0 Å². The highest BCUT2D eigenvalue weighted by Crippen LogP contribution is 2.87. The number of rotatable bonds is 6. The van der Waals surface area contributed by atoms with E-state index in [0.717, 1.165) is 12.0 Å². The second-order valence-electron chi connectivity index (χ2n) is 15.3. The highest BCUT2D eigenvalue weighted by molar-refractivity contribution is 5.89. The molecule has 10 nitrogen and oxygen atoms in total. The molecular weight excluding hydrogens is 578 g/mol. The number of hydrogen-bond acceptors (Lipinski definition) is 10. The Morgan fingerprint density at radius 1 is 0.956 bits per heavy atom. The summed E-state index contributed by atoms with van der Waals surface area (Å²) in [4.78, 5) is 54.8. The van der Waals surface area contributed by atoms with Crippen LogP contribution in [0.5, 0.6) is 0 Å². The molecule has 2 spiro atoms. The van der Waals surface area contributed by atoms with Crippen LogP contribution < -0.4 is 0 Å². The first kappa shape index (κ1) is 29.2. The number of esters is 4. The standard InChI is InChI=1S/C35H41NO9/c1-15(2)31(40)45-29-23(39)30(43-18(5)38)35-26-20-13-34-12-16(3)21(25(27(34)35)42-17(4)37)24(44-32(41)19-10-8-7-9-11-19)22(34)28(35)36(20)14-33(26,29)6/h7-11,15,20-30,39H,3,12-14H2,1-2,4-6H3/t20-,21-,22+,23-,24-,25-,26+,27+,28+,29+,30+,33+,34-,35+/m0/s1. The van der Waals surface area contributed by atoms with Crippen LogP contribution in [0.15, 0.2) is 42.5 Å². The monoisotopic (exact) mass is 619 g/mol. The van der Waals surface area contributed by atoms with Crippen LogP contribution in [0.25, 0.3) is 0 Å². The van der Waals surface area contributed by atoms with E-state index < -0.39 is 82.5 Å². The van der Waals surface area contributed by atoms with Crippen molar-refractivity contribution in [3.05, 3.63) is 48.0 Å². The maximum atomic E-state index is 13.7. The molecule has 1 aromatic carbocycles. The van der Waals surface area contributed by atoms with Crippen molar-refractivity contribution in [1.82, 2.24) is 4.90 Å². The van der Waals surface area contributed by atoms with Crippen LogP contribution in [0.1, 0.15) is 57.8 Å². The van der Waals surface area contributed by atoms with E-state index in [1.807, 2.05) is 6.07 Å². The largest absolute Gasteiger partial charge is 0.461 e. The van der Waals surface area contributed by atoms with Gasteiger partial charge >= 0.3 is 23.9 Å². The molecule has 0 aromatic heterocycles. The molecule has 0 radical (unpaired) electrons. The molecule has 9 fully saturated rings. The van der Waals surface area contributed by atoms with Gasteiger partial charge in [0.05, 0.1) is 17.4 Å². The predicted molar refractivity (Wildman–Crippen MR) is 157 cm³/mol. The van der Waals surface area contributed by atoms with Crippen LogP contribution in [0, 0.1) is 45.8 Å². The minimum atomic E-state index is -1.29. The average Bonchev–Trinajstić information content (AvgIpc) is 3.42. The van der Waals surface area contributed by atoms with Crippen molar-refractivity contribution >= 4 is 23.9 Å². The number of carbonyl (C=O) groups excluding carboxylic acids is 4. The highest BCUT2D eigenvalue weighted by Gasteiger charge is 2.95. The van der Waals surface area contributed by atoms with Crippen molar-refractivity contribution < 1.29 is 43.2 Å². The first-order valence-electron chi connectivity index (χ1n) is 16.2. The minimum Gasteiger partial charge on any atom is -0.461 e. The lowest BCUT2D eigenvalue weighted by molar-refractivity contribution is -0.282. The van der Waals surface area contributed by atoms with Gasteiger partial charge in [0.25, 0.3) is 0 Å².